The largest absolute Gasteiger partial charge is 0.467 e. The zero-order chi connectivity index (χ0) is 64.0. The van der Waals surface area contributed by atoms with Crippen LogP contribution < -0.4 is 26.6 Å². The van der Waals surface area contributed by atoms with Crippen LogP contribution in [0.5, 0.6) is 0 Å². The summed E-state index contributed by atoms with van der Waals surface area (Å²) < 4.78 is 23.1. The summed E-state index contributed by atoms with van der Waals surface area (Å²) in [5.74, 6) is -3.98. The predicted molar refractivity (Wildman–Crippen MR) is 330 cm³/mol. The first kappa shape index (κ1) is 70.8. The van der Waals surface area contributed by atoms with E-state index in [1.54, 1.807) is 82.2 Å². The molecule has 0 bridgehead atoms. The van der Waals surface area contributed by atoms with E-state index >= 15 is 0 Å². The number of likely N-dealkylation sites (tertiary alicyclic amines) is 2. The van der Waals surface area contributed by atoms with Crippen LogP contribution in [0.2, 0.25) is 0 Å². The summed E-state index contributed by atoms with van der Waals surface area (Å²) in [6.07, 6.45) is 8.37. The van der Waals surface area contributed by atoms with Crippen LogP contribution in [0.15, 0.2) is 66.7 Å². The van der Waals surface area contributed by atoms with Crippen LogP contribution in [0.4, 0.5) is 10.5 Å². The van der Waals surface area contributed by atoms with Crippen molar-refractivity contribution in [1.29, 1.82) is 0 Å². The van der Waals surface area contributed by atoms with Crippen LogP contribution >= 0.6 is 0 Å². The van der Waals surface area contributed by atoms with E-state index in [2.05, 4.69) is 45.3 Å². The fourth-order valence-corrected chi connectivity index (χ4v) is 12.1. The van der Waals surface area contributed by atoms with Gasteiger partial charge in [0, 0.05) is 78.1 Å². The first-order chi connectivity index (χ1) is 41.5. The van der Waals surface area contributed by atoms with Crippen molar-refractivity contribution in [2.75, 3.05) is 73.0 Å². The van der Waals surface area contributed by atoms with Gasteiger partial charge in [0.2, 0.25) is 41.4 Å². The lowest BCUT2D eigenvalue weighted by Crippen LogP contribution is -2.62. The maximum Gasteiger partial charge on any atom is 0.410 e. The second-order valence-electron chi connectivity index (χ2n) is 24.4. The van der Waals surface area contributed by atoms with Gasteiger partial charge in [-0.3, -0.25) is 43.4 Å². The average molecular weight is 1210 g/mol. The van der Waals surface area contributed by atoms with Crippen LogP contribution in [0.3, 0.4) is 0 Å². The number of ether oxygens (including phenoxy) is 4. The molecule has 482 valence electrons. The van der Waals surface area contributed by atoms with E-state index in [0.29, 0.717) is 56.6 Å². The molecule has 22 heteroatoms. The minimum absolute atomic E-state index is 0.000293. The topological polar surface area (TPSA) is 264 Å². The van der Waals surface area contributed by atoms with Gasteiger partial charge in [-0.25, -0.2) is 9.59 Å². The lowest BCUT2D eigenvalue weighted by atomic mass is 9.89. The molecule has 2 saturated heterocycles. The fraction of sp³-hybridized carbons (Fsp3) is 0.646. The fourth-order valence-electron chi connectivity index (χ4n) is 12.1. The zero-order valence-corrected chi connectivity index (χ0v) is 53.5. The van der Waals surface area contributed by atoms with Gasteiger partial charge in [0.15, 0.2) is 0 Å². The number of nitrogens with one attached hydrogen (secondary N) is 5. The Labute approximate surface area is 515 Å². The molecule has 10 unspecified atom stereocenters. The average Bonchev–Trinajstić information content (AvgIpc) is 2.28. The monoisotopic (exact) mass is 1210 g/mol. The van der Waals surface area contributed by atoms with Gasteiger partial charge in [-0.1, -0.05) is 110 Å². The first-order valence-corrected chi connectivity index (χ1v) is 31.1. The molecule has 0 radical (unpaired) electrons. The first-order valence-electron chi connectivity index (χ1n) is 31.1. The van der Waals surface area contributed by atoms with Crippen LogP contribution in [0, 0.1) is 23.7 Å². The molecule has 22 nitrogen and oxygen atoms in total. The van der Waals surface area contributed by atoms with Crippen LogP contribution in [0.25, 0.3) is 0 Å². The van der Waals surface area contributed by atoms with Gasteiger partial charge < -0.3 is 55.3 Å². The number of amides is 8. The Kier molecular flexibility index (Phi) is 28.2. The number of carbonyl (C=O) groups excluding carboxylic acids is 9. The summed E-state index contributed by atoms with van der Waals surface area (Å²) in [6, 6.07) is 13.0. The SMILES string of the molecule is CCC(C)C(C(CCN1CCCC1C(OC)C(C)C(=O)NC(Cc1ccccc1)C(=O)OC)OC)N(C)C(=O)C(NC(=O)C1(C)CCCN1C(=O)OCc1ccc(NC(=O)CNC(=O)C(NC(=O)CCCCCN2CC=CC2=O)C(C)C)cc1)C(C)C. The standard InChI is InChI=1S/C65H99N9O13/c1-13-44(6)57(51(84-10)32-38-72-35-20-25-50(72)58(85-11)45(7)59(78)68-49(62(81)86-12)39-46-23-16-14-17-24-46)71(9)61(80)56(43(4)5)70-63(82)65(8)33-22-37-74(65)64(83)87-41-47-28-30-48(31-29-47)67-53(76)40-66-60(79)55(42(2)3)69-52(75)26-18-15-19-34-73-36-21-27-54(73)77/h14,16-17,21,23-24,27-31,42-45,49-51,55-58H,13,15,18-20,22,25-26,32-41H2,1-12H3,(H,66,79)(H,67,76)(H,68,78)(H,69,75)(H,70,82). The number of rotatable bonds is 34. The van der Waals surface area contributed by atoms with Crippen molar-refractivity contribution in [3.8, 4) is 0 Å². The Morgan fingerprint density at radius 3 is 2.09 bits per heavy atom. The third-order valence-electron chi connectivity index (χ3n) is 17.6. The number of hydrogen-bond acceptors (Lipinski definition) is 14. The third kappa shape index (κ3) is 20.1. The molecule has 5 N–H and O–H groups in total. The molecular formula is C65H99N9O13. The van der Waals surface area contributed by atoms with Crippen LogP contribution in [0.1, 0.15) is 131 Å². The summed E-state index contributed by atoms with van der Waals surface area (Å²) >= 11 is 0. The number of carbonyl (C=O) groups is 9. The number of methoxy groups -OCH3 is 3. The molecule has 0 saturated carbocycles. The molecular weight excluding hydrogens is 1110 g/mol. The molecule has 5 rings (SSSR count). The molecule has 2 aromatic carbocycles. The maximum absolute atomic E-state index is 14.8. The third-order valence-corrected chi connectivity index (χ3v) is 17.6. The van der Waals surface area contributed by atoms with Crippen molar-refractivity contribution in [2.45, 2.75) is 181 Å². The van der Waals surface area contributed by atoms with E-state index in [1.165, 1.54) is 12.0 Å². The Hall–Kier alpha value is -6.91. The second-order valence-corrected chi connectivity index (χ2v) is 24.4. The van der Waals surface area contributed by atoms with E-state index in [1.807, 2.05) is 57.2 Å². The summed E-state index contributed by atoms with van der Waals surface area (Å²) in [4.78, 5) is 127. The highest BCUT2D eigenvalue weighted by molar-refractivity contribution is 5.97. The van der Waals surface area contributed by atoms with Gasteiger partial charge in [0.1, 0.15) is 30.3 Å². The van der Waals surface area contributed by atoms with E-state index in [9.17, 15) is 43.2 Å². The minimum Gasteiger partial charge on any atom is -0.467 e. The Balaban J connectivity index is 1.11. The van der Waals surface area contributed by atoms with Gasteiger partial charge in [0.05, 0.1) is 37.8 Å². The van der Waals surface area contributed by atoms with Gasteiger partial charge in [-0.2, -0.15) is 0 Å². The van der Waals surface area contributed by atoms with Crippen molar-refractivity contribution < 1.29 is 62.1 Å². The highest BCUT2D eigenvalue weighted by atomic mass is 16.6. The number of benzene rings is 2. The number of hydrogen-bond donors (Lipinski definition) is 5. The number of unbranched alkanes of at least 4 members (excludes halogenated alkanes) is 2. The number of nitrogens with zero attached hydrogens (tertiary/aromatic N) is 4. The number of anilines is 1. The van der Waals surface area contributed by atoms with Crippen molar-refractivity contribution in [3.05, 3.63) is 77.9 Å². The van der Waals surface area contributed by atoms with E-state index in [-0.39, 0.29) is 86.0 Å². The number of esters is 1. The zero-order valence-electron chi connectivity index (χ0n) is 53.5. The van der Waals surface area contributed by atoms with Crippen molar-refractivity contribution >= 4 is 59.1 Å². The van der Waals surface area contributed by atoms with Crippen LogP contribution in [-0.2, 0) is 70.3 Å². The molecule has 3 heterocycles. The highest BCUT2D eigenvalue weighted by Crippen LogP contribution is 2.32. The molecule has 0 aromatic heterocycles. The summed E-state index contributed by atoms with van der Waals surface area (Å²) in [5.41, 5.74) is 0.631. The van der Waals surface area contributed by atoms with E-state index < -0.39 is 71.6 Å². The van der Waals surface area contributed by atoms with E-state index in [0.717, 1.165) is 44.2 Å². The molecule has 8 amide bonds. The smallest absolute Gasteiger partial charge is 0.410 e. The lowest BCUT2D eigenvalue weighted by molar-refractivity contribution is -0.146. The maximum atomic E-state index is 14.8. The molecule has 87 heavy (non-hydrogen) atoms. The summed E-state index contributed by atoms with van der Waals surface area (Å²) in [5, 5.41) is 14.1. The number of likely N-dealkylation sites (N-methyl/N-ethyl adjacent to an activating group) is 1. The van der Waals surface area contributed by atoms with Crippen LogP contribution in [-0.4, -0.2) is 189 Å². The van der Waals surface area contributed by atoms with Crippen molar-refractivity contribution in [2.24, 2.45) is 23.7 Å². The quantitative estimate of drug-likeness (QED) is 0.0412. The highest BCUT2D eigenvalue weighted by Gasteiger charge is 2.49. The Morgan fingerprint density at radius 2 is 1.47 bits per heavy atom. The summed E-state index contributed by atoms with van der Waals surface area (Å²) in [6.45, 7) is 17.4. The molecule has 3 aliphatic rings. The predicted octanol–water partition coefficient (Wildman–Crippen LogP) is 5.77. The normalized spacial score (nSPS) is 19.6. The summed E-state index contributed by atoms with van der Waals surface area (Å²) in [7, 11) is 6.31. The molecule has 0 aliphatic carbocycles. The molecule has 3 aliphatic heterocycles. The minimum atomic E-state index is -1.32. The molecule has 10 atom stereocenters. The Bertz CT molecular complexity index is 2640. The molecule has 0 spiro atoms. The van der Waals surface area contributed by atoms with Gasteiger partial charge in [0.25, 0.3) is 0 Å². The van der Waals surface area contributed by atoms with Gasteiger partial charge >= 0.3 is 12.1 Å². The van der Waals surface area contributed by atoms with Gasteiger partial charge in [-0.15, -0.1) is 0 Å². The van der Waals surface area contributed by atoms with E-state index in [4.69, 9.17) is 18.9 Å². The second kappa shape index (κ2) is 34.6. The van der Waals surface area contributed by atoms with Gasteiger partial charge in [-0.05, 0) is 99.4 Å². The Morgan fingerprint density at radius 1 is 0.770 bits per heavy atom. The van der Waals surface area contributed by atoms with Crippen molar-refractivity contribution in [3.63, 3.8) is 0 Å². The molecule has 2 aromatic rings. The molecule has 2 fully saturated rings. The lowest BCUT2D eigenvalue weighted by Gasteiger charge is -2.41. The van der Waals surface area contributed by atoms with Crippen molar-refractivity contribution in [1.82, 2.24) is 40.9 Å².